The Morgan fingerprint density at radius 3 is 2.10 bits per heavy atom. The molecule has 0 bridgehead atoms. The topological polar surface area (TPSA) is 9.23 Å². The van der Waals surface area contributed by atoms with Crippen LogP contribution in [0.3, 0.4) is 0 Å². The Balaban J connectivity index is 3.17. The van der Waals surface area contributed by atoms with Gasteiger partial charge in [0.2, 0.25) is 0 Å². The van der Waals surface area contributed by atoms with Crippen LogP contribution in [0.1, 0.15) is 40.5 Å². The summed E-state index contributed by atoms with van der Waals surface area (Å²) in [6, 6.07) is 0. The monoisotopic (exact) mass is 144 g/mol. The maximum Gasteiger partial charge on any atom is 0.0544 e. The molecule has 0 spiro atoms. The second kappa shape index (κ2) is 5.72. The molecule has 0 fully saturated rings. The van der Waals surface area contributed by atoms with Crippen molar-refractivity contribution in [2.75, 3.05) is 6.61 Å². The zero-order chi connectivity index (χ0) is 7.98. The molecule has 0 aliphatic heterocycles. The van der Waals surface area contributed by atoms with Gasteiger partial charge in [-0.3, -0.25) is 0 Å². The van der Waals surface area contributed by atoms with Crippen molar-refractivity contribution >= 4 is 0 Å². The lowest BCUT2D eigenvalue weighted by Crippen LogP contribution is -2.12. The molecular formula is C9H20O. The van der Waals surface area contributed by atoms with Crippen LogP contribution in [-0.2, 0) is 4.74 Å². The van der Waals surface area contributed by atoms with Crippen molar-refractivity contribution in [2.24, 2.45) is 5.92 Å². The van der Waals surface area contributed by atoms with Crippen molar-refractivity contribution < 1.29 is 4.74 Å². The van der Waals surface area contributed by atoms with Gasteiger partial charge in [0.05, 0.1) is 6.10 Å². The average Bonchev–Trinajstić information content (AvgIpc) is 1.99. The van der Waals surface area contributed by atoms with Gasteiger partial charge < -0.3 is 4.74 Å². The third kappa shape index (κ3) is 4.80. The van der Waals surface area contributed by atoms with Gasteiger partial charge in [0.25, 0.3) is 0 Å². The molecule has 0 aromatic heterocycles. The first-order chi connectivity index (χ1) is 4.70. The Kier molecular flexibility index (Phi) is 5.70. The van der Waals surface area contributed by atoms with Gasteiger partial charge in [-0.2, -0.15) is 0 Å². The summed E-state index contributed by atoms with van der Waals surface area (Å²) in [5.41, 5.74) is 0. The third-order valence-corrected chi connectivity index (χ3v) is 1.94. The van der Waals surface area contributed by atoms with Crippen LogP contribution in [-0.4, -0.2) is 12.7 Å². The number of rotatable bonds is 5. The van der Waals surface area contributed by atoms with Crippen LogP contribution < -0.4 is 0 Å². The summed E-state index contributed by atoms with van der Waals surface area (Å²) in [7, 11) is 0. The molecule has 2 atom stereocenters. The van der Waals surface area contributed by atoms with Gasteiger partial charge >= 0.3 is 0 Å². The predicted octanol–water partition coefficient (Wildman–Crippen LogP) is 2.85. The molecule has 62 valence electrons. The molecule has 0 saturated carbocycles. The van der Waals surface area contributed by atoms with E-state index in [1.807, 2.05) is 0 Å². The van der Waals surface area contributed by atoms with E-state index in [9.17, 15) is 0 Å². The highest BCUT2D eigenvalue weighted by Crippen LogP contribution is 2.04. The van der Waals surface area contributed by atoms with Crippen molar-refractivity contribution in [3.63, 3.8) is 0 Å². The molecule has 0 heterocycles. The van der Waals surface area contributed by atoms with Gasteiger partial charge in [-0.05, 0) is 19.3 Å². The molecule has 10 heavy (non-hydrogen) atoms. The lowest BCUT2D eigenvalue weighted by atomic mass is 10.1. The van der Waals surface area contributed by atoms with Crippen LogP contribution in [0.25, 0.3) is 0 Å². The molecule has 0 N–H and O–H groups in total. The zero-order valence-electron chi connectivity index (χ0n) is 7.68. The van der Waals surface area contributed by atoms with E-state index >= 15 is 0 Å². The van der Waals surface area contributed by atoms with Gasteiger partial charge in [0.1, 0.15) is 0 Å². The fourth-order valence-electron chi connectivity index (χ4n) is 0.564. The molecule has 1 nitrogen and oxygen atoms in total. The summed E-state index contributed by atoms with van der Waals surface area (Å²) in [6.07, 6.45) is 2.78. The normalized spacial score (nSPS) is 16.8. The number of hydrogen-bond acceptors (Lipinski definition) is 1. The zero-order valence-corrected chi connectivity index (χ0v) is 7.68. The highest BCUT2D eigenvalue weighted by molar-refractivity contribution is 4.49. The minimum atomic E-state index is 0.439. The standard InChI is InChI=1S/C9H20O/c1-5-8(3)7-10-9(4)6-2/h8-9H,5-7H2,1-4H3. The van der Waals surface area contributed by atoms with Crippen molar-refractivity contribution in [3.05, 3.63) is 0 Å². The predicted molar refractivity (Wildman–Crippen MR) is 45.2 cm³/mol. The molecule has 0 aromatic carbocycles. The molecule has 0 radical (unpaired) electrons. The second-order valence-corrected chi connectivity index (χ2v) is 3.07. The first-order valence-corrected chi connectivity index (χ1v) is 4.32. The van der Waals surface area contributed by atoms with Crippen molar-refractivity contribution in [3.8, 4) is 0 Å². The van der Waals surface area contributed by atoms with Crippen LogP contribution >= 0.6 is 0 Å². The van der Waals surface area contributed by atoms with E-state index in [4.69, 9.17) is 4.74 Å². The Labute approximate surface area is 64.8 Å². The Morgan fingerprint density at radius 1 is 1.10 bits per heavy atom. The summed E-state index contributed by atoms with van der Waals surface area (Å²) >= 11 is 0. The van der Waals surface area contributed by atoms with E-state index in [2.05, 4.69) is 27.7 Å². The van der Waals surface area contributed by atoms with Crippen LogP contribution in [0.2, 0.25) is 0 Å². The first kappa shape index (κ1) is 9.96. The maximum atomic E-state index is 5.54. The molecule has 2 unspecified atom stereocenters. The summed E-state index contributed by atoms with van der Waals surface area (Å²) < 4.78 is 5.54. The quantitative estimate of drug-likeness (QED) is 0.576. The van der Waals surface area contributed by atoms with E-state index in [1.165, 1.54) is 6.42 Å². The largest absolute Gasteiger partial charge is 0.378 e. The number of ether oxygens (including phenoxy) is 1. The van der Waals surface area contributed by atoms with Gasteiger partial charge in [-0.15, -0.1) is 0 Å². The fourth-order valence-corrected chi connectivity index (χ4v) is 0.564. The van der Waals surface area contributed by atoms with Gasteiger partial charge in [0.15, 0.2) is 0 Å². The van der Waals surface area contributed by atoms with Crippen LogP contribution in [0, 0.1) is 5.92 Å². The van der Waals surface area contributed by atoms with Gasteiger partial charge in [-0.1, -0.05) is 27.2 Å². The lowest BCUT2D eigenvalue weighted by Gasteiger charge is -2.13. The van der Waals surface area contributed by atoms with Gasteiger partial charge in [0, 0.05) is 6.61 Å². The summed E-state index contributed by atoms with van der Waals surface area (Å²) in [6.45, 7) is 9.63. The van der Waals surface area contributed by atoms with Crippen LogP contribution in [0.5, 0.6) is 0 Å². The molecule has 0 aliphatic rings. The highest BCUT2D eigenvalue weighted by atomic mass is 16.5. The van der Waals surface area contributed by atoms with Crippen molar-refractivity contribution in [2.45, 2.75) is 46.6 Å². The number of hydrogen-bond donors (Lipinski definition) is 0. The highest BCUT2D eigenvalue weighted by Gasteiger charge is 2.01. The lowest BCUT2D eigenvalue weighted by molar-refractivity contribution is 0.0411. The minimum absolute atomic E-state index is 0.439. The molecule has 0 aromatic rings. The summed E-state index contributed by atoms with van der Waals surface area (Å²) in [5.74, 6) is 0.717. The molecule has 0 aliphatic carbocycles. The molecular weight excluding hydrogens is 124 g/mol. The van der Waals surface area contributed by atoms with E-state index in [-0.39, 0.29) is 0 Å². The minimum Gasteiger partial charge on any atom is -0.378 e. The first-order valence-electron chi connectivity index (χ1n) is 4.32. The van der Waals surface area contributed by atoms with Crippen LogP contribution in [0.4, 0.5) is 0 Å². The molecule has 0 saturated heterocycles. The van der Waals surface area contributed by atoms with E-state index < -0.39 is 0 Å². The molecule has 0 amide bonds. The Morgan fingerprint density at radius 2 is 1.70 bits per heavy atom. The third-order valence-electron chi connectivity index (χ3n) is 1.94. The van der Waals surface area contributed by atoms with Crippen molar-refractivity contribution in [1.29, 1.82) is 0 Å². The summed E-state index contributed by atoms with van der Waals surface area (Å²) in [5, 5.41) is 0. The maximum absolute atomic E-state index is 5.54. The van der Waals surface area contributed by atoms with Gasteiger partial charge in [-0.25, -0.2) is 0 Å². The van der Waals surface area contributed by atoms with E-state index in [1.54, 1.807) is 0 Å². The second-order valence-electron chi connectivity index (χ2n) is 3.07. The summed E-state index contributed by atoms with van der Waals surface area (Å²) in [4.78, 5) is 0. The SMILES string of the molecule is CCC(C)COC(C)CC. The smallest absolute Gasteiger partial charge is 0.0544 e. The van der Waals surface area contributed by atoms with Crippen LogP contribution in [0.15, 0.2) is 0 Å². The van der Waals surface area contributed by atoms with Crippen molar-refractivity contribution in [1.82, 2.24) is 0 Å². The molecule has 1 heteroatoms. The van der Waals surface area contributed by atoms with E-state index in [0.717, 1.165) is 13.0 Å². The Hall–Kier alpha value is -0.0400. The van der Waals surface area contributed by atoms with E-state index in [0.29, 0.717) is 12.0 Å². The molecule has 0 rings (SSSR count). The fraction of sp³-hybridized carbons (Fsp3) is 1.00. The average molecular weight is 144 g/mol. The Bertz CT molecular complexity index is 61.1.